The van der Waals surface area contributed by atoms with Gasteiger partial charge in [0.1, 0.15) is 11.6 Å². The van der Waals surface area contributed by atoms with E-state index >= 15 is 4.39 Å². The summed E-state index contributed by atoms with van der Waals surface area (Å²) in [5, 5.41) is 37.1. The van der Waals surface area contributed by atoms with Crippen molar-refractivity contribution in [3.05, 3.63) is 65.6 Å². The molecule has 10 nitrogen and oxygen atoms in total. The fourth-order valence-corrected chi connectivity index (χ4v) is 7.99. The molecule has 0 aliphatic carbocycles. The molecule has 3 aromatic carbocycles. The zero-order valence-electron chi connectivity index (χ0n) is 27.7. The lowest BCUT2D eigenvalue weighted by molar-refractivity contribution is -0.132. The maximum atomic E-state index is 17.3. The summed E-state index contributed by atoms with van der Waals surface area (Å²) in [7, 11) is 2.07. The maximum absolute atomic E-state index is 17.3. The molecule has 5 aromatic rings. The number of nitrogens with zero attached hydrogens (tertiary/aromatic N) is 8. The number of fused-ring (bicyclic) bond motifs is 4. The van der Waals surface area contributed by atoms with Crippen LogP contribution < -0.4 is 4.74 Å². The molecule has 11 heteroatoms. The minimum absolute atomic E-state index is 0.0337. The lowest BCUT2D eigenvalue weighted by Gasteiger charge is -2.38. The summed E-state index contributed by atoms with van der Waals surface area (Å²) in [6.07, 6.45) is 4.72. The molecule has 1 amide bonds. The Morgan fingerprint density at radius 1 is 1.08 bits per heavy atom. The first-order valence-electron chi connectivity index (χ1n) is 16.6. The Hall–Kier alpha value is -5.57. The standard InChI is InChI=1S/C38H35FN8O2/c1-22(32-11-6-15-45(32)3)49-38-31-21-43-47(28-13-16-46(23(2)48)27(18-28)12-14-40)37(31)30-17-26(20-42)34(35(39)36(30)44-38)29-10-5-8-24-7-4-9-25(19-41)33(24)29/h4-5,7-10,17,21-22,27-28,32H,6,11-13,15-16,18H2,1-3H3/t22-,27+,28-,32?/m0/s1. The summed E-state index contributed by atoms with van der Waals surface area (Å²) in [5.41, 5.74) is 1.60. The van der Waals surface area contributed by atoms with Gasteiger partial charge in [-0.1, -0.05) is 30.3 Å². The monoisotopic (exact) mass is 654 g/mol. The quantitative estimate of drug-likeness (QED) is 0.200. The van der Waals surface area contributed by atoms with Gasteiger partial charge in [0.05, 0.1) is 58.9 Å². The fourth-order valence-electron chi connectivity index (χ4n) is 7.99. The topological polar surface area (TPSA) is 135 Å². The third kappa shape index (κ3) is 5.39. The third-order valence-corrected chi connectivity index (χ3v) is 10.3. The predicted octanol–water partition coefficient (Wildman–Crippen LogP) is 6.61. The van der Waals surface area contributed by atoms with Crippen molar-refractivity contribution in [3.8, 4) is 35.2 Å². The number of hydrogen-bond donors (Lipinski definition) is 0. The van der Waals surface area contributed by atoms with Gasteiger partial charge in [0, 0.05) is 41.9 Å². The van der Waals surface area contributed by atoms with Gasteiger partial charge < -0.3 is 9.64 Å². The molecule has 2 aromatic heterocycles. The fraction of sp³-hybridized carbons (Fsp3) is 0.368. The van der Waals surface area contributed by atoms with Gasteiger partial charge in [-0.05, 0) is 69.3 Å². The van der Waals surface area contributed by atoms with Crippen molar-refractivity contribution in [2.75, 3.05) is 20.1 Å². The van der Waals surface area contributed by atoms with E-state index in [4.69, 9.17) is 14.8 Å². The first-order chi connectivity index (χ1) is 23.7. The number of amides is 1. The van der Waals surface area contributed by atoms with Crippen LogP contribution in [0.3, 0.4) is 0 Å². The average Bonchev–Trinajstić information content (AvgIpc) is 3.75. The average molecular weight is 655 g/mol. The number of carbonyl (C=O) groups excluding carboxylic acids is 1. The van der Waals surface area contributed by atoms with Crippen molar-refractivity contribution in [1.29, 1.82) is 15.8 Å². The van der Waals surface area contributed by atoms with Crippen molar-refractivity contribution in [2.45, 2.75) is 70.2 Å². The van der Waals surface area contributed by atoms with E-state index in [1.165, 1.54) is 6.92 Å². The Balaban J connectivity index is 1.47. The Morgan fingerprint density at radius 2 is 1.86 bits per heavy atom. The third-order valence-electron chi connectivity index (χ3n) is 10.3. The van der Waals surface area contributed by atoms with Crippen LogP contribution in [0.4, 0.5) is 4.39 Å². The molecule has 0 radical (unpaired) electrons. The number of pyridine rings is 1. The molecule has 246 valence electrons. The van der Waals surface area contributed by atoms with Gasteiger partial charge >= 0.3 is 0 Å². The van der Waals surface area contributed by atoms with Gasteiger partial charge in [0.2, 0.25) is 11.8 Å². The molecule has 4 atom stereocenters. The number of benzene rings is 3. The number of rotatable bonds is 6. The van der Waals surface area contributed by atoms with Crippen molar-refractivity contribution < 1.29 is 13.9 Å². The number of piperidine rings is 1. The lowest BCUT2D eigenvalue weighted by atomic mass is 9.90. The minimum atomic E-state index is -0.687. The summed E-state index contributed by atoms with van der Waals surface area (Å²) in [6.45, 7) is 4.93. The molecule has 2 aliphatic rings. The van der Waals surface area contributed by atoms with Crippen LogP contribution in [0.15, 0.2) is 48.7 Å². The zero-order chi connectivity index (χ0) is 34.4. The Kier molecular flexibility index (Phi) is 8.36. The lowest BCUT2D eigenvalue weighted by Crippen LogP contribution is -2.45. The van der Waals surface area contributed by atoms with Crippen molar-refractivity contribution in [3.63, 3.8) is 0 Å². The summed E-state index contributed by atoms with van der Waals surface area (Å²) in [5.74, 6) is -0.517. The minimum Gasteiger partial charge on any atom is -0.472 e. The summed E-state index contributed by atoms with van der Waals surface area (Å²) in [4.78, 5) is 21.2. The Bertz CT molecular complexity index is 2260. The maximum Gasteiger partial charge on any atom is 0.225 e. The highest BCUT2D eigenvalue weighted by Gasteiger charge is 2.34. The predicted molar refractivity (Wildman–Crippen MR) is 183 cm³/mol. The molecular formula is C38H35FN8O2. The second-order valence-electron chi connectivity index (χ2n) is 13.1. The number of hydrogen-bond acceptors (Lipinski definition) is 8. The van der Waals surface area contributed by atoms with Crippen molar-refractivity contribution in [1.82, 2.24) is 24.6 Å². The van der Waals surface area contributed by atoms with Gasteiger partial charge in [-0.25, -0.2) is 9.37 Å². The second kappa shape index (κ2) is 12.8. The Morgan fingerprint density at radius 3 is 2.55 bits per heavy atom. The molecule has 2 fully saturated rings. The van der Waals surface area contributed by atoms with Gasteiger partial charge in [0.25, 0.3) is 0 Å². The van der Waals surface area contributed by atoms with Crippen LogP contribution in [-0.2, 0) is 4.79 Å². The highest BCUT2D eigenvalue weighted by molar-refractivity contribution is 6.10. The van der Waals surface area contributed by atoms with Crippen LogP contribution >= 0.6 is 0 Å². The molecule has 4 heterocycles. The zero-order valence-corrected chi connectivity index (χ0v) is 27.7. The van der Waals surface area contributed by atoms with Crippen LogP contribution in [0.1, 0.15) is 63.1 Å². The molecule has 2 saturated heterocycles. The smallest absolute Gasteiger partial charge is 0.225 e. The largest absolute Gasteiger partial charge is 0.472 e. The van der Waals surface area contributed by atoms with E-state index in [0.29, 0.717) is 52.2 Å². The molecular weight excluding hydrogens is 619 g/mol. The van der Waals surface area contributed by atoms with Gasteiger partial charge in [-0.2, -0.15) is 20.9 Å². The van der Waals surface area contributed by atoms with E-state index in [9.17, 15) is 20.6 Å². The number of nitriles is 3. The van der Waals surface area contributed by atoms with Gasteiger partial charge in [-0.15, -0.1) is 0 Å². The summed E-state index contributed by atoms with van der Waals surface area (Å²) >= 11 is 0. The van der Waals surface area contributed by atoms with Crippen LogP contribution in [-0.4, -0.2) is 68.8 Å². The molecule has 0 N–H and O–H groups in total. The molecule has 0 bridgehead atoms. The molecule has 0 saturated carbocycles. The Labute approximate surface area is 283 Å². The van der Waals surface area contributed by atoms with E-state index in [2.05, 4.69) is 30.2 Å². The molecule has 49 heavy (non-hydrogen) atoms. The highest BCUT2D eigenvalue weighted by atomic mass is 19.1. The van der Waals surface area contributed by atoms with Crippen LogP contribution in [0.5, 0.6) is 5.88 Å². The van der Waals surface area contributed by atoms with E-state index in [0.717, 1.165) is 24.8 Å². The number of halogens is 1. The van der Waals surface area contributed by atoms with Gasteiger partial charge in [0.15, 0.2) is 5.82 Å². The van der Waals surface area contributed by atoms with Gasteiger partial charge in [-0.3, -0.25) is 14.4 Å². The van der Waals surface area contributed by atoms with Crippen LogP contribution in [0.2, 0.25) is 0 Å². The van der Waals surface area contributed by atoms with Crippen LogP contribution in [0, 0.1) is 39.8 Å². The summed E-state index contributed by atoms with van der Waals surface area (Å²) in [6, 6.07) is 18.7. The van der Waals surface area contributed by atoms with Crippen LogP contribution in [0.25, 0.3) is 43.7 Å². The van der Waals surface area contributed by atoms with Crippen molar-refractivity contribution >= 4 is 38.5 Å². The number of likely N-dealkylation sites (tertiary alicyclic amines) is 2. The first-order valence-corrected chi connectivity index (χ1v) is 16.6. The number of aromatic nitrogens is 3. The number of carbonyl (C=O) groups is 1. The number of likely N-dealkylation sites (N-methyl/N-ethyl adjacent to an activating group) is 1. The first kappa shape index (κ1) is 32.0. The SMILES string of the molecule is CC(=O)N1CC[C@H](n2ncc3c(O[C@@H](C)C4CCCN4C)nc4c(F)c(-c5cccc6cccc(C#N)c56)c(C#N)cc4c32)C[C@H]1CC#N. The van der Waals surface area contributed by atoms with E-state index in [-0.39, 0.29) is 59.1 Å². The second-order valence-corrected chi connectivity index (χ2v) is 13.1. The normalized spacial score (nSPS) is 20.3. The molecule has 2 aliphatic heterocycles. The van der Waals surface area contributed by atoms with E-state index in [1.807, 2.05) is 23.7 Å². The van der Waals surface area contributed by atoms with E-state index < -0.39 is 5.82 Å². The molecule has 7 rings (SSSR count). The molecule has 0 spiro atoms. The molecule has 1 unspecified atom stereocenters. The summed E-state index contributed by atoms with van der Waals surface area (Å²) < 4.78 is 25.7. The number of ether oxygens (including phenoxy) is 1. The van der Waals surface area contributed by atoms with E-state index in [1.54, 1.807) is 41.4 Å². The highest BCUT2D eigenvalue weighted by Crippen LogP contribution is 2.42. The van der Waals surface area contributed by atoms with Crippen molar-refractivity contribution in [2.24, 2.45) is 0 Å².